The van der Waals surface area contributed by atoms with Gasteiger partial charge in [0.1, 0.15) is 0 Å². The summed E-state index contributed by atoms with van der Waals surface area (Å²) in [5, 5.41) is 9.54. The Morgan fingerprint density at radius 1 is 1.00 bits per heavy atom. The average Bonchev–Trinajstić information content (AvgIpc) is 2.13. The van der Waals surface area contributed by atoms with E-state index < -0.39 is 0 Å². The van der Waals surface area contributed by atoms with E-state index in [1.807, 2.05) is 6.92 Å². The van der Waals surface area contributed by atoms with Crippen molar-refractivity contribution in [3.8, 4) is 0 Å². The number of β-amino-alcohol motifs (C(OH)–C–C–N with tert-alkyl or cyclic N) is 1. The molecule has 0 aromatic carbocycles. The Labute approximate surface area is 94.7 Å². The molecule has 0 aromatic heterocycles. The summed E-state index contributed by atoms with van der Waals surface area (Å²) in [7, 11) is 0. The quantitative estimate of drug-likeness (QED) is 0.627. The van der Waals surface area contributed by atoms with Crippen LogP contribution in [0.2, 0.25) is 0 Å². The van der Waals surface area contributed by atoms with Gasteiger partial charge in [-0.2, -0.15) is 0 Å². The maximum absolute atomic E-state index is 9.54. The summed E-state index contributed by atoms with van der Waals surface area (Å²) in [6, 6.07) is 0. The van der Waals surface area contributed by atoms with E-state index in [4.69, 9.17) is 0 Å². The van der Waals surface area contributed by atoms with Gasteiger partial charge in [-0.1, -0.05) is 45.4 Å². The highest BCUT2D eigenvalue weighted by Gasteiger charge is 2.35. The lowest BCUT2D eigenvalue weighted by atomic mass is 9.96. The number of hydrogen-bond acceptors (Lipinski definition) is 2. The fourth-order valence-corrected chi connectivity index (χ4v) is 2.37. The Kier molecular flexibility index (Phi) is 5.62. The van der Waals surface area contributed by atoms with E-state index in [1.54, 1.807) is 0 Å². The molecule has 2 nitrogen and oxygen atoms in total. The molecule has 1 aliphatic heterocycles. The lowest BCUT2D eigenvalue weighted by molar-refractivity contribution is -0.0833. The van der Waals surface area contributed by atoms with Gasteiger partial charge in [0.05, 0.1) is 5.60 Å². The molecule has 1 N–H and O–H groups in total. The smallest absolute Gasteiger partial charge is 0.0872 e. The summed E-state index contributed by atoms with van der Waals surface area (Å²) in [6.07, 6.45) is 9.62. The molecule has 2 heteroatoms. The van der Waals surface area contributed by atoms with Crippen molar-refractivity contribution in [1.82, 2.24) is 4.90 Å². The maximum atomic E-state index is 9.54. The van der Waals surface area contributed by atoms with E-state index in [-0.39, 0.29) is 5.60 Å². The normalized spacial score (nSPS) is 20.2. The molecule has 0 bridgehead atoms. The van der Waals surface area contributed by atoms with Crippen LogP contribution in [0.25, 0.3) is 0 Å². The van der Waals surface area contributed by atoms with Crippen LogP contribution in [0.5, 0.6) is 0 Å². The van der Waals surface area contributed by atoms with Crippen LogP contribution in [0.3, 0.4) is 0 Å². The Bertz CT molecular complexity index is 160. The van der Waals surface area contributed by atoms with Crippen molar-refractivity contribution < 1.29 is 5.11 Å². The second kappa shape index (κ2) is 6.49. The molecule has 90 valence electrons. The third-order valence-corrected chi connectivity index (χ3v) is 3.21. The zero-order valence-electron chi connectivity index (χ0n) is 10.5. The molecule has 0 amide bonds. The fraction of sp³-hybridized carbons (Fsp3) is 1.00. The number of unbranched alkanes of at least 4 members (excludes halogenated alkanes) is 6. The zero-order valence-corrected chi connectivity index (χ0v) is 10.5. The van der Waals surface area contributed by atoms with Crippen LogP contribution < -0.4 is 0 Å². The van der Waals surface area contributed by atoms with Gasteiger partial charge in [-0.05, 0) is 19.9 Å². The summed E-state index contributed by atoms with van der Waals surface area (Å²) >= 11 is 0. The van der Waals surface area contributed by atoms with Crippen LogP contribution in [0, 0.1) is 0 Å². The standard InChI is InChI=1S/C13H27NO/c1-3-4-5-6-7-8-9-10-14-11-13(2,15)12-14/h15H,3-12H2,1-2H3. The average molecular weight is 213 g/mol. The number of aliphatic hydroxyl groups is 1. The molecular weight excluding hydrogens is 186 g/mol. The van der Waals surface area contributed by atoms with Crippen molar-refractivity contribution in [1.29, 1.82) is 0 Å². The minimum Gasteiger partial charge on any atom is -0.388 e. The molecule has 0 saturated carbocycles. The largest absolute Gasteiger partial charge is 0.388 e. The predicted molar refractivity (Wildman–Crippen MR) is 65.1 cm³/mol. The van der Waals surface area contributed by atoms with Crippen molar-refractivity contribution in [3.05, 3.63) is 0 Å². The van der Waals surface area contributed by atoms with Crippen LogP contribution >= 0.6 is 0 Å². The van der Waals surface area contributed by atoms with Gasteiger partial charge in [-0.25, -0.2) is 0 Å². The minimum absolute atomic E-state index is 0.388. The highest BCUT2D eigenvalue weighted by Crippen LogP contribution is 2.20. The molecule has 1 saturated heterocycles. The highest BCUT2D eigenvalue weighted by atomic mass is 16.3. The van der Waals surface area contributed by atoms with Crippen molar-refractivity contribution in [2.24, 2.45) is 0 Å². The van der Waals surface area contributed by atoms with E-state index in [0.29, 0.717) is 0 Å². The second-order valence-electron chi connectivity index (χ2n) is 5.33. The molecule has 0 aliphatic carbocycles. The molecule has 0 aromatic rings. The van der Waals surface area contributed by atoms with Crippen LogP contribution in [0.15, 0.2) is 0 Å². The maximum Gasteiger partial charge on any atom is 0.0872 e. The predicted octanol–water partition coefficient (Wildman–Crippen LogP) is 2.80. The Hall–Kier alpha value is -0.0800. The van der Waals surface area contributed by atoms with Crippen LogP contribution in [0.1, 0.15) is 58.8 Å². The third kappa shape index (κ3) is 5.53. The van der Waals surface area contributed by atoms with Crippen LogP contribution in [0.4, 0.5) is 0 Å². The minimum atomic E-state index is -0.388. The van der Waals surface area contributed by atoms with Gasteiger partial charge in [0, 0.05) is 13.1 Å². The first-order valence-corrected chi connectivity index (χ1v) is 6.59. The molecule has 0 radical (unpaired) electrons. The van der Waals surface area contributed by atoms with Gasteiger partial charge in [0.2, 0.25) is 0 Å². The topological polar surface area (TPSA) is 23.5 Å². The van der Waals surface area contributed by atoms with Crippen molar-refractivity contribution >= 4 is 0 Å². The first-order chi connectivity index (χ1) is 7.14. The van der Waals surface area contributed by atoms with Crippen molar-refractivity contribution in [3.63, 3.8) is 0 Å². The molecule has 0 unspecified atom stereocenters. The molecular formula is C13H27NO. The van der Waals surface area contributed by atoms with E-state index >= 15 is 0 Å². The molecule has 15 heavy (non-hydrogen) atoms. The van der Waals surface area contributed by atoms with Gasteiger partial charge in [-0.3, -0.25) is 4.90 Å². The number of likely N-dealkylation sites (tertiary alicyclic amines) is 1. The van der Waals surface area contributed by atoms with E-state index in [0.717, 1.165) is 13.1 Å². The summed E-state index contributed by atoms with van der Waals surface area (Å²) in [5.74, 6) is 0. The van der Waals surface area contributed by atoms with Crippen LogP contribution in [-0.4, -0.2) is 35.2 Å². The summed E-state index contributed by atoms with van der Waals surface area (Å²) in [5.41, 5.74) is -0.388. The third-order valence-electron chi connectivity index (χ3n) is 3.21. The van der Waals surface area contributed by atoms with Crippen LogP contribution in [-0.2, 0) is 0 Å². The lowest BCUT2D eigenvalue weighted by Crippen LogP contribution is -2.59. The number of nitrogens with zero attached hydrogens (tertiary/aromatic N) is 1. The molecule has 0 spiro atoms. The van der Waals surface area contributed by atoms with Crippen molar-refractivity contribution in [2.75, 3.05) is 19.6 Å². The SMILES string of the molecule is CCCCCCCCCN1CC(C)(O)C1. The van der Waals surface area contributed by atoms with E-state index in [1.165, 1.54) is 51.5 Å². The molecule has 1 rings (SSSR count). The molecule has 1 fully saturated rings. The summed E-state index contributed by atoms with van der Waals surface area (Å²) < 4.78 is 0. The number of hydrogen-bond donors (Lipinski definition) is 1. The Morgan fingerprint density at radius 3 is 2.07 bits per heavy atom. The molecule has 1 aliphatic rings. The van der Waals surface area contributed by atoms with E-state index in [9.17, 15) is 5.11 Å². The zero-order chi connectivity index (χ0) is 11.1. The Balaban J connectivity index is 1.78. The van der Waals surface area contributed by atoms with Gasteiger partial charge < -0.3 is 5.11 Å². The summed E-state index contributed by atoms with van der Waals surface area (Å²) in [6.45, 7) is 7.12. The lowest BCUT2D eigenvalue weighted by Gasteiger charge is -2.44. The van der Waals surface area contributed by atoms with E-state index in [2.05, 4.69) is 11.8 Å². The van der Waals surface area contributed by atoms with Gasteiger partial charge >= 0.3 is 0 Å². The highest BCUT2D eigenvalue weighted by molar-refractivity contribution is 4.90. The van der Waals surface area contributed by atoms with Crippen molar-refractivity contribution in [2.45, 2.75) is 64.4 Å². The Morgan fingerprint density at radius 2 is 1.53 bits per heavy atom. The monoisotopic (exact) mass is 213 g/mol. The molecule has 1 heterocycles. The second-order valence-corrected chi connectivity index (χ2v) is 5.33. The molecule has 0 atom stereocenters. The first kappa shape index (κ1) is 13.0. The number of rotatable bonds is 8. The van der Waals surface area contributed by atoms with Gasteiger partial charge in [0.15, 0.2) is 0 Å². The van der Waals surface area contributed by atoms with Gasteiger partial charge in [0.25, 0.3) is 0 Å². The first-order valence-electron chi connectivity index (χ1n) is 6.59. The summed E-state index contributed by atoms with van der Waals surface area (Å²) in [4.78, 5) is 2.35. The fourth-order valence-electron chi connectivity index (χ4n) is 2.37. The van der Waals surface area contributed by atoms with Gasteiger partial charge in [-0.15, -0.1) is 0 Å².